The molecule has 1 aromatic heterocycles. The van der Waals surface area contributed by atoms with Gasteiger partial charge in [0.1, 0.15) is 0 Å². The predicted molar refractivity (Wildman–Crippen MR) is 157 cm³/mol. The molecule has 0 saturated heterocycles. The number of nitrogens with zero attached hydrogens (tertiary/aromatic N) is 2. The Hall–Kier alpha value is -2.88. The molecule has 0 amide bonds. The lowest BCUT2D eigenvalue weighted by atomic mass is 9.82. The Labute approximate surface area is 229 Å². The first-order chi connectivity index (χ1) is 17.3. The second-order valence-electron chi connectivity index (χ2n) is 10.5. The highest BCUT2D eigenvalue weighted by Crippen LogP contribution is 2.29. The minimum Gasteiger partial charge on any atom is -0.390 e. The van der Waals surface area contributed by atoms with Crippen LogP contribution in [0.15, 0.2) is 79.3 Å². The molecule has 0 bridgehead atoms. The lowest BCUT2D eigenvalue weighted by Gasteiger charge is -2.30. The Morgan fingerprint density at radius 1 is 0.676 bits per heavy atom. The SMILES string of the molecule is Cc1cccc(C)c1CCC(O)(CCc1c(C)cccc1C)CCc1cncn1Cc1ccccc1.Cl. The summed E-state index contributed by atoms with van der Waals surface area (Å²) in [6.45, 7) is 9.53. The average Bonchev–Trinajstić information content (AvgIpc) is 3.30. The van der Waals surface area contributed by atoms with Crippen molar-refractivity contribution in [2.75, 3.05) is 0 Å². The van der Waals surface area contributed by atoms with Gasteiger partial charge in [-0.15, -0.1) is 12.4 Å². The Morgan fingerprint density at radius 3 is 1.68 bits per heavy atom. The fourth-order valence-electron chi connectivity index (χ4n) is 5.42. The molecule has 196 valence electrons. The second-order valence-corrected chi connectivity index (χ2v) is 10.5. The van der Waals surface area contributed by atoms with E-state index in [1.807, 2.05) is 18.6 Å². The fraction of sp³-hybridized carbons (Fsp3) is 0.364. The highest BCUT2D eigenvalue weighted by atomic mass is 35.5. The zero-order valence-electron chi connectivity index (χ0n) is 22.7. The summed E-state index contributed by atoms with van der Waals surface area (Å²) in [5.74, 6) is 0. The highest BCUT2D eigenvalue weighted by molar-refractivity contribution is 5.85. The van der Waals surface area contributed by atoms with Crippen LogP contribution in [-0.2, 0) is 25.8 Å². The molecular formula is C33H41ClN2O. The summed E-state index contributed by atoms with van der Waals surface area (Å²) >= 11 is 0. The van der Waals surface area contributed by atoms with E-state index in [1.165, 1.54) is 44.6 Å². The monoisotopic (exact) mass is 516 g/mol. The molecule has 0 saturated carbocycles. The smallest absolute Gasteiger partial charge is 0.0951 e. The van der Waals surface area contributed by atoms with Crippen molar-refractivity contribution in [3.05, 3.63) is 124 Å². The van der Waals surface area contributed by atoms with E-state index in [1.54, 1.807) is 0 Å². The van der Waals surface area contributed by atoms with Crippen molar-refractivity contribution in [2.45, 2.75) is 78.4 Å². The predicted octanol–water partition coefficient (Wildman–Crippen LogP) is 7.52. The molecule has 4 rings (SSSR count). The summed E-state index contributed by atoms with van der Waals surface area (Å²) in [7, 11) is 0. The van der Waals surface area contributed by atoms with Gasteiger partial charge in [0, 0.05) is 18.4 Å². The van der Waals surface area contributed by atoms with Crippen LogP contribution in [-0.4, -0.2) is 20.3 Å². The number of rotatable bonds is 11. The fourth-order valence-corrected chi connectivity index (χ4v) is 5.42. The van der Waals surface area contributed by atoms with Crippen molar-refractivity contribution < 1.29 is 5.11 Å². The molecule has 0 fully saturated rings. The lowest BCUT2D eigenvalue weighted by Crippen LogP contribution is -2.31. The van der Waals surface area contributed by atoms with Gasteiger partial charge in [0.2, 0.25) is 0 Å². The maximum absolute atomic E-state index is 12.0. The van der Waals surface area contributed by atoms with Crippen LogP contribution in [0.5, 0.6) is 0 Å². The van der Waals surface area contributed by atoms with E-state index in [4.69, 9.17) is 0 Å². The van der Waals surface area contributed by atoms with E-state index >= 15 is 0 Å². The van der Waals surface area contributed by atoms with Gasteiger partial charge in [-0.3, -0.25) is 0 Å². The summed E-state index contributed by atoms with van der Waals surface area (Å²) in [4.78, 5) is 4.43. The minimum atomic E-state index is -0.745. The Bertz CT molecular complexity index is 1180. The second kappa shape index (κ2) is 13.1. The number of aromatic nitrogens is 2. The Kier molecular flexibility index (Phi) is 10.1. The van der Waals surface area contributed by atoms with Crippen molar-refractivity contribution in [3.63, 3.8) is 0 Å². The van der Waals surface area contributed by atoms with Crippen LogP contribution in [0.2, 0.25) is 0 Å². The van der Waals surface area contributed by atoms with E-state index in [0.29, 0.717) is 0 Å². The number of aliphatic hydroxyl groups is 1. The van der Waals surface area contributed by atoms with Gasteiger partial charge in [0.25, 0.3) is 0 Å². The van der Waals surface area contributed by atoms with Crippen LogP contribution in [0.3, 0.4) is 0 Å². The largest absolute Gasteiger partial charge is 0.390 e. The molecule has 0 aliphatic carbocycles. The third kappa shape index (κ3) is 7.56. The molecule has 4 aromatic rings. The van der Waals surface area contributed by atoms with E-state index in [2.05, 4.69) is 97.9 Å². The molecule has 0 unspecified atom stereocenters. The Morgan fingerprint density at radius 2 is 1.16 bits per heavy atom. The van der Waals surface area contributed by atoms with Crippen LogP contribution in [0.25, 0.3) is 0 Å². The molecule has 0 atom stereocenters. The van der Waals surface area contributed by atoms with Gasteiger partial charge in [-0.05, 0) is 105 Å². The number of halogens is 1. The van der Waals surface area contributed by atoms with E-state index in [-0.39, 0.29) is 12.4 Å². The Balaban J connectivity index is 0.00000380. The molecule has 0 aliphatic rings. The molecule has 1 N–H and O–H groups in total. The maximum atomic E-state index is 12.0. The molecule has 3 aromatic carbocycles. The normalized spacial score (nSPS) is 11.4. The summed E-state index contributed by atoms with van der Waals surface area (Å²) < 4.78 is 2.22. The molecule has 0 aliphatic heterocycles. The van der Waals surface area contributed by atoms with Crippen molar-refractivity contribution in [1.82, 2.24) is 9.55 Å². The van der Waals surface area contributed by atoms with Crippen LogP contribution in [0, 0.1) is 27.7 Å². The first-order valence-electron chi connectivity index (χ1n) is 13.2. The van der Waals surface area contributed by atoms with Crippen LogP contribution in [0.1, 0.15) is 63.9 Å². The van der Waals surface area contributed by atoms with Crippen LogP contribution in [0.4, 0.5) is 0 Å². The first kappa shape index (κ1) is 28.7. The van der Waals surface area contributed by atoms with Gasteiger partial charge in [0.15, 0.2) is 0 Å². The van der Waals surface area contributed by atoms with Crippen molar-refractivity contribution >= 4 is 12.4 Å². The number of imidazole rings is 1. The maximum Gasteiger partial charge on any atom is 0.0951 e. The highest BCUT2D eigenvalue weighted by Gasteiger charge is 2.28. The molecular weight excluding hydrogens is 476 g/mol. The number of hydrogen-bond donors (Lipinski definition) is 1. The van der Waals surface area contributed by atoms with Gasteiger partial charge in [-0.2, -0.15) is 0 Å². The van der Waals surface area contributed by atoms with E-state index < -0.39 is 5.60 Å². The van der Waals surface area contributed by atoms with Crippen LogP contribution < -0.4 is 0 Å². The van der Waals surface area contributed by atoms with Gasteiger partial charge in [-0.25, -0.2) is 4.98 Å². The van der Waals surface area contributed by atoms with Gasteiger partial charge < -0.3 is 9.67 Å². The van der Waals surface area contributed by atoms with Gasteiger partial charge in [-0.1, -0.05) is 66.7 Å². The average molecular weight is 517 g/mol. The topological polar surface area (TPSA) is 38.1 Å². The molecule has 4 heteroatoms. The van der Waals surface area contributed by atoms with Crippen LogP contribution >= 0.6 is 12.4 Å². The summed E-state index contributed by atoms with van der Waals surface area (Å²) in [5.41, 5.74) is 9.69. The third-order valence-electron chi connectivity index (χ3n) is 7.81. The molecule has 1 heterocycles. The van der Waals surface area contributed by atoms with Crippen molar-refractivity contribution in [1.29, 1.82) is 0 Å². The minimum absolute atomic E-state index is 0. The van der Waals surface area contributed by atoms with Gasteiger partial charge >= 0.3 is 0 Å². The molecule has 0 radical (unpaired) electrons. The molecule has 37 heavy (non-hydrogen) atoms. The van der Waals surface area contributed by atoms with E-state index in [9.17, 15) is 5.11 Å². The summed E-state index contributed by atoms with van der Waals surface area (Å²) in [6.07, 6.45) is 8.71. The third-order valence-corrected chi connectivity index (χ3v) is 7.81. The lowest BCUT2D eigenvalue weighted by molar-refractivity contribution is 0.0146. The van der Waals surface area contributed by atoms with Crippen molar-refractivity contribution in [2.24, 2.45) is 0 Å². The standard InChI is InChI=1S/C33H40N2O.ClH/c1-25-10-8-11-26(2)31(25)17-20-33(36,21-18-32-27(3)12-9-13-28(32)4)19-16-30-22-34-24-35(30)23-29-14-6-5-7-15-29;/h5-15,22,24,36H,16-21,23H2,1-4H3;1H. The van der Waals surface area contributed by atoms with Crippen molar-refractivity contribution in [3.8, 4) is 0 Å². The molecule has 3 nitrogen and oxygen atoms in total. The van der Waals surface area contributed by atoms with Gasteiger partial charge in [0.05, 0.1) is 11.9 Å². The number of hydrogen-bond acceptors (Lipinski definition) is 2. The summed E-state index contributed by atoms with van der Waals surface area (Å²) in [6, 6.07) is 23.5. The zero-order chi connectivity index (χ0) is 25.5. The van der Waals surface area contributed by atoms with E-state index in [0.717, 1.165) is 45.1 Å². The molecule has 0 spiro atoms. The first-order valence-corrected chi connectivity index (χ1v) is 13.2. The quantitative estimate of drug-likeness (QED) is 0.224. The summed E-state index contributed by atoms with van der Waals surface area (Å²) in [5, 5.41) is 12.0. The zero-order valence-corrected chi connectivity index (χ0v) is 23.5. The number of benzene rings is 3. The number of aryl methyl sites for hydroxylation is 5.